The average molecular weight is 811 g/mol. The summed E-state index contributed by atoms with van der Waals surface area (Å²) >= 11 is 0. The second kappa shape index (κ2) is 18.1. The van der Waals surface area contributed by atoms with Gasteiger partial charge in [0.05, 0.1) is 19.0 Å². The van der Waals surface area contributed by atoms with E-state index >= 15 is 0 Å². The minimum absolute atomic E-state index is 0.0562. The number of amides is 4. The fourth-order valence-electron chi connectivity index (χ4n) is 9.53. The Kier molecular flexibility index (Phi) is 12.7. The van der Waals surface area contributed by atoms with Gasteiger partial charge in [0.1, 0.15) is 12.4 Å². The molecule has 3 aromatic rings. The van der Waals surface area contributed by atoms with E-state index in [0.29, 0.717) is 65.0 Å². The van der Waals surface area contributed by atoms with Crippen molar-refractivity contribution < 1.29 is 48.6 Å². The number of fused-ring (bicyclic) bond motifs is 1. The van der Waals surface area contributed by atoms with Crippen molar-refractivity contribution in [2.75, 3.05) is 51.1 Å². The molecule has 4 amide bonds. The molecule has 0 saturated carbocycles. The van der Waals surface area contributed by atoms with Gasteiger partial charge < -0.3 is 44.6 Å². The maximum absolute atomic E-state index is 14.4. The highest BCUT2D eigenvalue weighted by Crippen LogP contribution is 2.30. The standard InChI is InChI=1S/C45H55N5O9/c1-30-26-33(27-31(2)39(30)58-29-32-8-4-3-5-9-32)28-38(40(51)47-24-17-45(18-25-47,42(54)55)49-21-12-35(13-22-49)41(52)53)59-44(57)48-19-15-36(16-20-48)50-23-14-34-10-6-7-11-37(34)46-43(50)56/h3-11,26-27,35-36,38H,12-25,28-29H2,1-2H3,(H,46,56)(H,52,53)(H,54,55)/p+1/t38-/m1/s1. The number of urea groups is 1. The summed E-state index contributed by atoms with van der Waals surface area (Å²) in [6, 6.07) is 21.4. The minimum atomic E-state index is -1.17. The molecule has 0 bridgehead atoms. The van der Waals surface area contributed by atoms with E-state index in [1.807, 2.05) is 85.5 Å². The van der Waals surface area contributed by atoms with Crippen LogP contribution >= 0.6 is 0 Å². The Morgan fingerprint density at radius 2 is 1.47 bits per heavy atom. The molecule has 0 radical (unpaired) electrons. The molecule has 3 saturated heterocycles. The summed E-state index contributed by atoms with van der Waals surface area (Å²) in [5, 5.41) is 23.0. The van der Waals surface area contributed by atoms with Crippen molar-refractivity contribution in [3.8, 4) is 5.75 Å². The molecule has 4 N–H and O–H groups in total. The number of carbonyl (C=O) groups is 5. The van der Waals surface area contributed by atoms with Gasteiger partial charge in [0.2, 0.25) is 0 Å². The highest BCUT2D eigenvalue weighted by atomic mass is 16.6. The third-order valence-electron chi connectivity index (χ3n) is 12.9. The Bertz CT molecular complexity index is 2000. The Morgan fingerprint density at radius 1 is 0.831 bits per heavy atom. The SMILES string of the molecule is Cc1cc(C[C@@H](OC(=O)N2CCC(N3CCc4ccccc4NC3=O)CC2)C(=O)N2CCC(C(=O)O)([NH+]3CCC(C(=O)O)CC3)CC2)cc(C)c1OCc1ccccc1. The summed E-state index contributed by atoms with van der Waals surface area (Å²) < 4.78 is 12.3. The molecular weight excluding hydrogens is 755 g/mol. The minimum Gasteiger partial charge on any atom is -0.488 e. The predicted molar refractivity (Wildman–Crippen MR) is 218 cm³/mol. The topological polar surface area (TPSA) is 170 Å². The number of nitrogens with one attached hydrogen (secondary N) is 2. The lowest BCUT2D eigenvalue weighted by Gasteiger charge is -2.45. The van der Waals surface area contributed by atoms with Crippen LogP contribution in [0, 0.1) is 19.8 Å². The number of ether oxygens (including phenoxy) is 2. The van der Waals surface area contributed by atoms with Crippen LogP contribution in [0.3, 0.4) is 0 Å². The molecule has 14 nitrogen and oxygen atoms in total. The van der Waals surface area contributed by atoms with Crippen LogP contribution in [0.25, 0.3) is 0 Å². The molecule has 59 heavy (non-hydrogen) atoms. The Morgan fingerprint density at radius 3 is 2.12 bits per heavy atom. The summed E-state index contributed by atoms with van der Waals surface area (Å²) in [4.78, 5) is 71.9. The summed E-state index contributed by atoms with van der Waals surface area (Å²) in [5.41, 5.74) is 4.38. The smallest absolute Gasteiger partial charge is 0.410 e. The molecule has 7 rings (SSSR count). The second-order valence-electron chi connectivity index (χ2n) is 16.6. The molecule has 3 fully saturated rings. The maximum atomic E-state index is 14.4. The molecule has 4 aliphatic rings. The van der Waals surface area contributed by atoms with Crippen LogP contribution in [0.15, 0.2) is 66.7 Å². The number of anilines is 1. The first-order valence-electron chi connectivity index (χ1n) is 20.9. The van der Waals surface area contributed by atoms with Gasteiger partial charge >= 0.3 is 24.1 Å². The average Bonchev–Trinajstić information content (AvgIpc) is 3.41. The third-order valence-corrected chi connectivity index (χ3v) is 12.9. The molecule has 4 heterocycles. The van der Waals surface area contributed by atoms with Gasteiger partial charge in [-0.15, -0.1) is 0 Å². The molecule has 0 spiro atoms. The first-order chi connectivity index (χ1) is 28.4. The van der Waals surface area contributed by atoms with Gasteiger partial charge in [-0.05, 0) is 67.0 Å². The largest absolute Gasteiger partial charge is 0.488 e. The van der Waals surface area contributed by atoms with Crippen molar-refractivity contribution in [2.45, 2.75) is 89.5 Å². The number of benzene rings is 3. The Labute approximate surface area is 345 Å². The van der Waals surface area contributed by atoms with Gasteiger partial charge in [-0.3, -0.25) is 9.59 Å². The van der Waals surface area contributed by atoms with Crippen LogP contribution in [-0.4, -0.2) is 118 Å². The number of aryl methyl sites for hydroxylation is 2. The van der Waals surface area contributed by atoms with Gasteiger partial charge in [0.15, 0.2) is 11.6 Å². The number of quaternary nitrogens is 1. The number of carbonyl (C=O) groups excluding carboxylic acids is 3. The van der Waals surface area contributed by atoms with Crippen molar-refractivity contribution in [1.82, 2.24) is 14.7 Å². The zero-order chi connectivity index (χ0) is 41.7. The fraction of sp³-hybridized carbons (Fsp3) is 0.489. The summed E-state index contributed by atoms with van der Waals surface area (Å²) in [6.45, 7) is 6.81. The van der Waals surface area contributed by atoms with Crippen LogP contribution in [0.5, 0.6) is 5.75 Å². The van der Waals surface area contributed by atoms with Crippen LogP contribution in [-0.2, 0) is 38.6 Å². The lowest BCUT2D eigenvalue weighted by atomic mass is 9.82. The van der Waals surface area contributed by atoms with Crippen molar-refractivity contribution in [3.63, 3.8) is 0 Å². The summed E-state index contributed by atoms with van der Waals surface area (Å²) in [5.74, 6) is -1.90. The van der Waals surface area contributed by atoms with Crippen molar-refractivity contribution in [1.29, 1.82) is 0 Å². The van der Waals surface area contributed by atoms with E-state index in [2.05, 4.69) is 5.32 Å². The molecular formula is C45H56N5O9+. The van der Waals surface area contributed by atoms with Gasteiger partial charge in [0.25, 0.3) is 5.91 Å². The summed E-state index contributed by atoms with van der Waals surface area (Å²) in [7, 11) is 0. The zero-order valence-corrected chi connectivity index (χ0v) is 34.0. The molecule has 0 aliphatic carbocycles. The molecule has 1 atom stereocenters. The fourth-order valence-corrected chi connectivity index (χ4v) is 9.53. The highest BCUT2D eigenvalue weighted by molar-refractivity contribution is 5.91. The number of aliphatic carboxylic acids is 2. The number of nitrogens with zero attached hydrogens (tertiary/aromatic N) is 3. The van der Waals surface area contributed by atoms with Crippen molar-refractivity contribution in [3.05, 3.63) is 94.5 Å². The van der Waals surface area contributed by atoms with Gasteiger partial charge in [-0.25, -0.2) is 14.4 Å². The first kappa shape index (κ1) is 41.5. The van der Waals surface area contributed by atoms with E-state index in [4.69, 9.17) is 9.47 Å². The van der Waals surface area contributed by atoms with Gasteiger partial charge in [0, 0.05) is 76.6 Å². The van der Waals surface area contributed by atoms with Crippen LogP contribution in [0.1, 0.15) is 66.3 Å². The number of hydrogen-bond donors (Lipinski definition) is 4. The first-order valence-corrected chi connectivity index (χ1v) is 20.9. The van der Waals surface area contributed by atoms with Crippen LogP contribution in [0.2, 0.25) is 0 Å². The number of likely N-dealkylation sites (tertiary alicyclic amines) is 3. The predicted octanol–water partition coefficient (Wildman–Crippen LogP) is 4.31. The van der Waals surface area contributed by atoms with E-state index in [1.165, 1.54) is 0 Å². The van der Waals surface area contributed by atoms with Crippen LogP contribution in [0.4, 0.5) is 15.3 Å². The number of para-hydroxylation sites is 1. The number of rotatable bonds is 11. The van der Waals surface area contributed by atoms with Gasteiger partial charge in [-0.1, -0.05) is 60.7 Å². The Balaban J connectivity index is 1.04. The molecule has 3 aromatic carbocycles. The third kappa shape index (κ3) is 9.32. The number of piperidine rings is 3. The Hall–Kier alpha value is -5.63. The van der Waals surface area contributed by atoms with Crippen molar-refractivity contribution in [2.24, 2.45) is 5.92 Å². The van der Waals surface area contributed by atoms with E-state index in [9.17, 15) is 34.2 Å². The van der Waals surface area contributed by atoms with E-state index < -0.39 is 35.6 Å². The number of hydrogen-bond acceptors (Lipinski definition) is 7. The molecule has 0 unspecified atom stereocenters. The van der Waals surface area contributed by atoms with Crippen molar-refractivity contribution >= 4 is 35.7 Å². The molecule has 0 aromatic heterocycles. The number of carboxylic acid groups (broad SMARTS) is 2. The lowest BCUT2D eigenvalue weighted by Crippen LogP contribution is -3.22. The highest BCUT2D eigenvalue weighted by Gasteiger charge is 2.52. The monoisotopic (exact) mass is 810 g/mol. The molecule has 14 heteroatoms. The van der Waals surface area contributed by atoms with E-state index in [1.54, 1.807) is 9.80 Å². The normalized spacial score (nSPS) is 21.4. The van der Waals surface area contributed by atoms with E-state index in [-0.39, 0.29) is 50.3 Å². The molecule has 314 valence electrons. The van der Waals surface area contributed by atoms with E-state index in [0.717, 1.165) is 50.6 Å². The lowest BCUT2D eigenvalue weighted by molar-refractivity contribution is -0.949. The zero-order valence-electron chi connectivity index (χ0n) is 34.0. The van der Waals surface area contributed by atoms with Gasteiger partial charge in [-0.2, -0.15) is 0 Å². The quantitative estimate of drug-likeness (QED) is 0.221. The second-order valence-corrected chi connectivity index (χ2v) is 16.6. The number of carboxylic acids is 2. The molecule has 4 aliphatic heterocycles. The maximum Gasteiger partial charge on any atom is 0.410 e. The summed E-state index contributed by atoms with van der Waals surface area (Å²) in [6.07, 6.45) is 1.43. The van der Waals surface area contributed by atoms with Crippen LogP contribution < -0.4 is 15.0 Å².